The number of aromatic nitrogens is 1. The van der Waals surface area contributed by atoms with Crippen molar-refractivity contribution in [2.75, 3.05) is 6.54 Å². The van der Waals surface area contributed by atoms with Crippen molar-refractivity contribution >= 4 is 5.91 Å². The van der Waals surface area contributed by atoms with Gasteiger partial charge >= 0.3 is 0 Å². The van der Waals surface area contributed by atoms with Gasteiger partial charge < -0.3 is 10.5 Å². The van der Waals surface area contributed by atoms with E-state index in [-0.39, 0.29) is 24.0 Å². The number of hydrogen-bond donors (Lipinski definition) is 1. The van der Waals surface area contributed by atoms with Crippen molar-refractivity contribution in [3.05, 3.63) is 48.3 Å². The molecule has 94 valence electrons. The lowest BCUT2D eigenvalue weighted by Gasteiger charge is -2.04. The molecule has 0 saturated heterocycles. The molecular weight excluding hydrogens is 242 g/mol. The molecule has 0 aliphatic carbocycles. The minimum absolute atomic E-state index is 0.150. The van der Waals surface area contributed by atoms with E-state index in [1.165, 1.54) is 23.0 Å². The Hall–Kier alpha value is -2.21. The fourth-order valence-electron chi connectivity index (χ4n) is 1.38. The van der Waals surface area contributed by atoms with Crippen molar-refractivity contribution in [1.29, 1.82) is 0 Å². The molecule has 6 heteroatoms. The largest absolute Gasteiger partial charge is 0.453 e. The molecular formula is C12H10F2N2O2. The van der Waals surface area contributed by atoms with Crippen LogP contribution in [0, 0.1) is 11.6 Å². The quantitative estimate of drug-likeness (QED) is 0.910. The Bertz CT molecular complexity index is 581. The summed E-state index contributed by atoms with van der Waals surface area (Å²) in [7, 11) is 0. The number of carbonyl (C=O) groups excluding carboxylic acids is 1. The van der Waals surface area contributed by atoms with Crippen LogP contribution >= 0.6 is 0 Å². The van der Waals surface area contributed by atoms with Gasteiger partial charge in [0.25, 0.3) is 0 Å². The van der Waals surface area contributed by atoms with Gasteiger partial charge in [0.1, 0.15) is 11.6 Å². The molecule has 0 unspecified atom stereocenters. The highest BCUT2D eigenvalue weighted by molar-refractivity contribution is 5.81. The monoisotopic (exact) mass is 252 g/mol. The van der Waals surface area contributed by atoms with E-state index in [2.05, 4.69) is 0 Å². The second-order valence-corrected chi connectivity index (χ2v) is 3.53. The van der Waals surface area contributed by atoms with E-state index in [9.17, 15) is 13.6 Å². The van der Waals surface area contributed by atoms with Gasteiger partial charge in [0.2, 0.25) is 5.91 Å². The molecule has 18 heavy (non-hydrogen) atoms. The summed E-state index contributed by atoms with van der Waals surface area (Å²) in [6.07, 6.45) is 2.78. The van der Waals surface area contributed by atoms with Crippen LogP contribution in [0.1, 0.15) is 4.79 Å². The number of benzene rings is 1. The summed E-state index contributed by atoms with van der Waals surface area (Å²) in [5.41, 5.74) is 5.19. The lowest BCUT2D eigenvalue weighted by Crippen LogP contribution is -2.19. The molecule has 0 radical (unpaired) electrons. The molecule has 0 atom stereocenters. The smallest absolute Gasteiger partial charge is 0.244 e. The maximum atomic E-state index is 13.3. The van der Waals surface area contributed by atoms with E-state index in [1.54, 1.807) is 0 Å². The van der Waals surface area contributed by atoms with Crippen molar-refractivity contribution in [1.82, 2.24) is 4.57 Å². The number of ether oxygens (including phenoxy) is 1. The number of nitrogens with two attached hydrogens (primary N) is 1. The van der Waals surface area contributed by atoms with Gasteiger partial charge in [-0.3, -0.25) is 9.36 Å². The number of hydrogen-bond acceptors (Lipinski definition) is 3. The zero-order valence-corrected chi connectivity index (χ0v) is 9.27. The van der Waals surface area contributed by atoms with Gasteiger partial charge in [-0.25, -0.2) is 8.78 Å². The van der Waals surface area contributed by atoms with Crippen LogP contribution < -0.4 is 10.5 Å². The molecule has 2 aromatic rings. The molecule has 0 saturated carbocycles. The zero-order valence-electron chi connectivity index (χ0n) is 9.27. The maximum absolute atomic E-state index is 13.3. The van der Waals surface area contributed by atoms with E-state index in [1.807, 2.05) is 0 Å². The average molecular weight is 252 g/mol. The second kappa shape index (κ2) is 4.97. The molecule has 1 aromatic heterocycles. The van der Waals surface area contributed by atoms with Crippen LogP contribution in [-0.4, -0.2) is 17.0 Å². The molecule has 0 fully saturated rings. The molecule has 0 aliphatic heterocycles. The molecule has 2 rings (SSSR count). The van der Waals surface area contributed by atoms with Crippen LogP contribution in [0.4, 0.5) is 8.78 Å². The first kappa shape index (κ1) is 12.3. The summed E-state index contributed by atoms with van der Waals surface area (Å²) >= 11 is 0. The third-order valence-electron chi connectivity index (χ3n) is 2.25. The van der Waals surface area contributed by atoms with Crippen LogP contribution in [-0.2, 0) is 0 Å². The number of carbonyl (C=O) groups is 1. The Morgan fingerprint density at radius 3 is 2.83 bits per heavy atom. The van der Waals surface area contributed by atoms with Gasteiger partial charge in [-0.05, 0) is 18.2 Å². The predicted octanol–water partition coefficient (Wildman–Crippen LogP) is 2.16. The van der Waals surface area contributed by atoms with E-state index in [4.69, 9.17) is 10.5 Å². The second-order valence-electron chi connectivity index (χ2n) is 3.53. The lowest BCUT2D eigenvalue weighted by atomic mass is 10.3. The van der Waals surface area contributed by atoms with Gasteiger partial charge in [-0.1, -0.05) is 0 Å². The zero-order chi connectivity index (χ0) is 13.1. The minimum atomic E-state index is -0.686. The predicted molar refractivity (Wildman–Crippen MR) is 60.5 cm³/mol. The van der Waals surface area contributed by atoms with Crippen LogP contribution in [0.3, 0.4) is 0 Å². The van der Waals surface area contributed by atoms with Crippen molar-refractivity contribution in [2.45, 2.75) is 0 Å². The van der Waals surface area contributed by atoms with Crippen molar-refractivity contribution in [3.63, 3.8) is 0 Å². The summed E-state index contributed by atoms with van der Waals surface area (Å²) in [5, 5.41) is 0. The first-order valence-corrected chi connectivity index (χ1v) is 5.14. The third kappa shape index (κ3) is 2.54. The van der Waals surface area contributed by atoms with Gasteiger partial charge in [0.15, 0.2) is 11.6 Å². The first-order valence-electron chi connectivity index (χ1n) is 5.14. The van der Waals surface area contributed by atoms with Gasteiger partial charge in [-0.15, -0.1) is 0 Å². The van der Waals surface area contributed by atoms with E-state index >= 15 is 0 Å². The standard InChI is InChI=1S/C12H10F2N2O2/c13-8-1-2-10(14)11(5-8)18-9-3-4-16(7-9)12(17)6-15/h1-5,7H,6,15H2. The molecule has 1 aromatic carbocycles. The van der Waals surface area contributed by atoms with Crippen LogP contribution in [0.15, 0.2) is 36.7 Å². The summed E-state index contributed by atoms with van der Waals surface area (Å²) in [6.45, 7) is -0.150. The van der Waals surface area contributed by atoms with Gasteiger partial charge in [0.05, 0.1) is 12.7 Å². The van der Waals surface area contributed by atoms with Gasteiger partial charge in [0, 0.05) is 12.3 Å². The Balaban J connectivity index is 2.21. The SMILES string of the molecule is NCC(=O)n1ccc(Oc2cc(F)ccc2F)c1. The lowest BCUT2D eigenvalue weighted by molar-refractivity contribution is 0.0923. The molecule has 0 bridgehead atoms. The summed E-state index contributed by atoms with van der Waals surface area (Å²) in [4.78, 5) is 11.2. The Labute approximate surface area is 102 Å². The van der Waals surface area contributed by atoms with Crippen molar-refractivity contribution in [3.8, 4) is 11.5 Å². The minimum Gasteiger partial charge on any atom is -0.453 e. The van der Waals surface area contributed by atoms with Crippen LogP contribution in [0.2, 0.25) is 0 Å². The summed E-state index contributed by atoms with van der Waals surface area (Å²) in [6, 6.07) is 4.34. The highest BCUT2D eigenvalue weighted by atomic mass is 19.1. The summed E-state index contributed by atoms with van der Waals surface area (Å²) < 4.78 is 32.6. The first-order chi connectivity index (χ1) is 8.60. The van der Waals surface area contributed by atoms with E-state index < -0.39 is 11.6 Å². The normalized spacial score (nSPS) is 10.4. The van der Waals surface area contributed by atoms with Crippen molar-refractivity contribution in [2.24, 2.45) is 5.73 Å². The van der Waals surface area contributed by atoms with E-state index in [0.717, 1.165) is 18.2 Å². The number of halogens is 2. The Morgan fingerprint density at radius 2 is 2.11 bits per heavy atom. The van der Waals surface area contributed by atoms with Crippen LogP contribution in [0.5, 0.6) is 11.5 Å². The maximum Gasteiger partial charge on any atom is 0.244 e. The van der Waals surface area contributed by atoms with Crippen LogP contribution in [0.25, 0.3) is 0 Å². The topological polar surface area (TPSA) is 57.2 Å². The third-order valence-corrected chi connectivity index (χ3v) is 2.25. The molecule has 2 N–H and O–H groups in total. The van der Waals surface area contributed by atoms with Crippen molar-refractivity contribution < 1.29 is 18.3 Å². The van der Waals surface area contributed by atoms with E-state index in [0.29, 0.717) is 0 Å². The molecule has 4 nitrogen and oxygen atoms in total. The molecule has 1 heterocycles. The molecule has 0 aliphatic rings. The highest BCUT2D eigenvalue weighted by Gasteiger charge is 2.09. The molecule has 0 spiro atoms. The number of nitrogens with zero attached hydrogens (tertiary/aromatic N) is 1. The fourth-order valence-corrected chi connectivity index (χ4v) is 1.38. The molecule has 0 amide bonds. The summed E-state index contributed by atoms with van der Waals surface area (Å²) in [5.74, 6) is -1.64. The fraction of sp³-hybridized carbons (Fsp3) is 0.0833. The Kier molecular flexibility index (Phi) is 3.38. The average Bonchev–Trinajstić information content (AvgIpc) is 2.81. The Morgan fingerprint density at radius 1 is 1.33 bits per heavy atom. The van der Waals surface area contributed by atoms with Gasteiger partial charge in [-0.2, -0.15) is 0 Å². The highest BCUT2D eigenvalue weighted by Crippen LogP contribution is 2.25. The number of rotatable bonds is 3.